The molecule has 0 radical (unpaired) electrons. The van der Waals surface area contributed by atoms with Crippen LogP contribution in [0.5, 0.6) is 0 Å². The predicted molar refractivity (Wildman–Crippen MR) is 72.2 cm³/mol. The molecule has 0 amide bonds. The van der Waals surface area contributed by atoms with Crippen molar-refractivity contribution in [2.75, 3.05) is 18.0 Å². The van der Waals surface area contributed by atoms with Crippen molar-refractivity contribution in [2.24, 2.45) is 11.7 Å². The SMILES string of the molecule is CC(C)CN(c1ncccc1CCN)C1CC1. The predicted octanol–water partition coefficient (Wildman–Crippen LogP) is 2.21. The normalized spacial score (nSPS) is 15.3. The Bertz CT molecular complexity index is 358. The second-order valence-corrected chi connectivity index (χ2v) is 5.30. The van der Waals surface area contributed by atoms with Gasteiger partial charge in [0.2, 0.25) is 0 Å². The van der Waals surface area contributed by atoms with Gasteiger partial charge in [-0.3, -0.25) is 0 Å². The summed E-state index contributed by atoms with van der Waals surface area (Å²) in [6, 6.07) is 4.88. The molecule has 1 aliphatic carbocycles. The molecule has 0 atom stereocenters. The second kappa shape index (κ2) is 5.50. The number of rotatable bonds is 6. The van der Waals surface area contributed by atoms with Crippen LogP contribution in [0.2, 0.25) is 0 Å². The molecule has 3 nitrogen and oxygen atoms in total. The van der Waals surface area contributed by atoms with Gasteiger partial charge in [-0.1, -0.05) is 19.9 Å². The van der Waals surface area contributed by atoms with Crippen molar-refractivity contribution in [1.82, 2.24) is 4.98 Å². The summed E-state index contributed by atoms with van der Waals surface area (Å²) in [5, 5.41) is 0. The number of pyridine rings is 1. The van der Waals surface area contributed by atoms with E-state index in [0.29, 0.717) is 18.5 Å². The summed E-state index contributed by atoms with van der Waals surface area (Å²) in [7, 11) is 0. The van der Waals surface area contributed by atoms with Crippen molar-refractivity contribution in [2.45, 2.75) is 39.2 Å². The molecule has 3 heteroatoms. The van der Waals surface area contributed by atoms with Crippen LogP contribution < -0.4 is 10.6 Å². The monoisotopic (exact) mass is 233 g/mol. The van der Waals surface area contributed by atoms with Gasteiger partial charge in [0, 0.05) is 18.8 Å². The van der Waals surface area contributed by atoms with E-state index in [-0.39, 0.29) is 0 Å². The number of aromatic nitrogens is 1. The molecule has 0 aromatic carbocycles. The van der Waals surface area contributed by atoms with E-state index in [1.807, 2.05) is 12.3 Å². The summed E-state index contributed by atoms with van der Waals surface area (Å²) >= 11 is 0. The van der Waals surface area contributed by atoms with E-state index in [9.17, 15) is 0 Å². The molecule has 1 aliphatic rings. The van der Waals surface area contributed by atoms with Gasteiger partial charge in [-0.2, -0.15) is 0 Å². The van der Waals surface area contributed by atoms with Crippen LogP contribution in [0.4, 0.5) is 5.82 Å². The third kappa shape index (κ3) is 3.19. The standard InChI is InChI=1S/C14H23N3/c1-11(2)10-17(13-5-6-13)14-12(7-8-15)4-3-9-16-14/h3-4,9,11,13H,5-8,10,15H2,1-2H3. The largest absolute Gasteiger partial charge is 0.353 e. The highest BCUT2D eigenvalue weighted by atomic mass is 15.2. The topological polar surface area (TPSA) is 42.2 Å². The summed E-state index contributed by atoms with van der Waals surface area (Å²) in [5.74, 6) is 1.83. The van der Waals surface area contributed by atoms with Crippen LogP contribution in [0, 0.1) is 5.92 Å². The molecule has 2 N–H and O–H groups in total. The van der Waals surface area contributed by atoms with E-state index in [1.165, 1.54) is 18.4 Å². The van der Waals surface area contributed by atoms with E-state index in [1.54, 1.807) is 0 Å². The molecule has 17 heavy (non-hydrogen) atoms. The number of hydrogen-bond acceptors (Lipinski definition) is 3. The molecule has 1 fully saturated rings. The first-order valence-electron chi connectivity index (χ1n) is 6.63. The van der Waals surface area contributed by atoms with Crippen LogP contribution in [0.1, 0.15) is 32.3 Å². The fourth-order valence-corrected chi connectivity index (χ4v) is 2.23. The lowest BCUT2D eigenvalue weighted by atomic mass is 10.1. The van der Waals surface area contributed by atoms with Crippen LogP contribution in [0.25, 0.3) is 0 Å². The van der Waals surface area contributed by atoms with Gasteiger partial charge in [-0.15, -0.1) is 0 Å². The minimum atomic E-state index is 0.670. The Hall–Kier alpha value is -1.09. The fraction of sp³-hybridized carbons (Fsp3) is 0.643. The van der Waals surface area contributed by atoms with Crippen molar-refractivity contribution in [3.8, 4) is 0 Å². The van der Waals surface area contributed by atoms with Gasteiger partial charge in [-0.05, 0) is 43.4 Å². The third-order valence-corrected chi connectivity index (χ3v) is 3.10. The van der Waals surface area contributed by atoms with E-state index in [0.717, 1.165) is 18.8 Å². The molecule has 0 bridgehead atoms. The summed E-state index contributed by atoms with van der Waals surface area (Å²) in [4.78, 5) is 7.06. The zero-order valence-electron chi connectivity index (χ0n) is 10.9. The number of anilines is 1. The van der Waals surface area contributed by atoms with Crippen LogP contribution in [-0.4, -0.2) is 24.1 Å². The van der Waals surface area contributed by atoms with Gasteiger partial charge in [-0.25, -0.2) is 4.98 Å². The minimum Gasteiger partial charge on any atom is -0.353 e. The lowest BCUT2D eigenvalue weighted by molar-refractivity contribution is 0.600. The molecule has 0 spiro atoms. The lowest BCUT2D eigenvalue weighted by Crippen LogP contribution is -2.31. The molecule has 1 aromatic heterocycles. The zero-order valence-corrected chi connectivity index (χ0v) is 10.9. The van der Waals surface area contributed by atoms with E-state index >= 15 is 0 Å². The number of hydrogen-bond donors (Lipinski definition) is 1. The average Bonchev–Trinajstić information content (AvgIpc) is 3.11. The van der Waals surface area contributed by atoms with E-state index in [4.69, 9.17) is 5.73 Å². The van der Waals surface area contributed by atoms with Crippen LogP contribution in [-0.2, 0) is 6.42 Å². The number of nitrogens with zero attached hydrogens (tertiary/aromatic N) is 2. The Kier molecular flexibility index (Phi) is 4.00. The number of nitrogens with two attached hydrogens (primary N) is 1. The lowest BCUT2D eigenvalue weighted by Gasteiger charge is -2.27. The first-order chi connectivity index (χ1) is 8.22. The van der Waals surface area contributed by atoms with Crippen molar-refractivity contribution < 1.29 is 0 Å². The van der Waals surface area contributed by atoms with Gasteiger partial charge in [0.15, 0.2) is 0 Å². The molecular formula is C14H23N3. The van der Waals surface area contributed by atoms with E-state index < -0.39 is 0 Å². The minimum absolute atomic E-state index is 0.670. The maximum atomic E-state index is 5.68. The Morgan fingerprint density at radius 3 is 2.82 bits per heavy atom. The van der Waals surface area contributed by atoms with Crippen molar-refractivity contribution in [3.05, 3.63) is 23.9 Å². The average molecular weight is 233 g/mol. The maximum absolute atomic E-state index is 5.68. The summed E-state index contributed by atoms with van der Waals surface area (Å²) < 4.78 is 0. The first kappa shape index (κ1) is 12.4. The molecule has 0 saturated heterocycles. The van der Waals surface area contributed by atoms with Crippen molar-refractivity contribution >= 4 is 5.82 Å². The summed E-state index contributed by atoms with van der Waals surface area (Å²) in [6.45, 7) is 6.32. The molecule has 0 unspecified atom stereocenters. The van der Waals surface area contributed by atoms with Crippen molar-refractivity contribution in [3.63, 3.8) is 0 Å². The van der Waals surface area contributed by atoms with Gasteiger partial charge in [0.05, 0.1) is 0 Å². The maximum Gasteiger partial charge on any atom is 0.132 e. The molecule has 1 aromatic rings. The smallest absolute Gasteiger partial charge is 0.132 e. The van der Waals surface area contributed by atoms with E-state index in [2.05, 4.69) is 29.8 Å². The van der Waals surface area contributed by atoms with Crippen molar-refractivity contribution in [1.29, 1.82) is 0 Å². The van der Waals surface area contributed by atoms with Crippen LogP contribution in [0.15, 0.2) is 18.3 Å². The quantitative estimate of drug-likeness (QED) is 0.819. The molecule has 1 saturated carbocycles. The summed E-state index contributed by atoms with van der Waals surface area (Å²) in [5.41, 5.74) is 6.97. The Morgan fingerprint density at radius 2 is 2.24 bits per heavy atom. The Balaban J connectivity index is 2.21. The highest BCUT2D eigenvalue weighted by Crippen LogP contribution is 2.33. The molecule has 1 heterocycles. The van der Waals surface area contributed by atoms with Gasteiger partial charge in [0.1, 0.15) is 5.82 Å². The highest BCUT2D eigenvalue weighted by Gasteiger charge is 2.31. The van der Waals surface area contributed by atoms with Gasteiger partial charge < -0.3 is 10.6 Å². The van der Waals surface area contributed by atoms with Crippen LogP contribution >= 0.6 is 0 Å². The zero-order chi connectivity index (χ0) is 12.3. The van der Waals surface area contributed by atoms with Gasteiger partial charge in [0.25, 0.3) is 0 Å². The summed E-state index contributed by atoms with van der Waals surface area (Å²) in [6.07, 6.45) is 5.44. The third-order valence-electron chi connectivity index (χ3n) is 3.10. The Labute approximate surface area is 104 Å². The molecule has 0 aliphatic heterocycles. The first-order valence-corrected chi connectivity index (χ1v) is 6.63. The second-order valence-electron chi connectivity index (χ2n) is 5.30. The fourth-order valence-electron chi connectivity index (χ4n) is 2.23. The van der Waals surface area contributed by atoms with Gasteiger partial charge >= 0.3 is 0 Å². The highest BCUT2D eigenvalue weighted by molar-refractivity contribution is 5.49. The molecule has 94 valence electrons. The molecule has 2 rings (SSSR count). The van der Waals surface area contributed by atoms with Crippen LogP contribution in [0.3, 0.4) is 0 Å². The molecular weight excluding hydrogens is 210 g/mol. The Morgan fingerprint density at radius 1 is 1.47 bits per heavy atom.